The van der Waals surface area contributed by atoms with Crippen LogP contribution in [-0.2, 0) is 9.53 Å². The van der Waals surface area contributed by atoms with Crippen LogP contribution >= 0.6 is 0 Å². The van der Waals surface area contributed by atoms with Crippen molar-refractivity contribution in [2.75, 3.05) is 25.1 Å². The van der Waals surface area contributed by atoms with Gasteiger partial charge >= 0.3 is 5.97 Å². The second-order valence-corrected chi connectivity index (χ2v) is 6.91. The fraction of sp³-hybridized carbons (Fsp3) is 0.500. The lowest BCUT2D eigenvalue weighted by Gasteiger charge is -2.40. The number of carbonyl (C=O) groups is 1. The highest BCUT2D eigenvalue weighted by atomic mass is 16.5. The van der Waals surface area contributed by atoms with E-state index in [9.17, 15) is 9.59 Å². The zero-order chi connectivity index (χ0) is 17.3. The van der Waals surface area contributed by atoms with E-state index in [4.69, 9.17) is 4.74 Å². The number of anilines is 1. The maximum Gasteiger partial charge on any atom is 0.311 e. The molecular formula is C18H23N3O3. The molecule has 1 atom stereocenters. The number of ether oxygens (including phenoxy) is 1. The molecule has 128 valence electrons. The van der Waals surface area contributed by atoms with Gasteiger partial charge in [0.15, 0.2) is 0 Å². The quantitative estimate of drug-likeness (QED) is 0.875. The third kappa shape index (κ3) is 2.88. The van der Waals surface area contributed by atoms with Crippen molar-refractivity contribution in [2.24, 2.45) is 11.3 Å². The van der Waals surface area contributed by atoms with Crippen molar-refractivity contribution < 1.29 is 9.53 Å². The summed E-state index contributed by atoms with van der Waals surface area (Å²) in [7, 11) is 1.42. The van der Waals surface area contributed by atoms with Crippen LogP contribution in [0.1, 0.15) is 26.7 Å². The Morgan fingerprint density at radius 3 is 2.88 bits per heavy atom. The summed E-state index contributed by atoms with van der Waals surface area (Å²) in [6, 6.07) is 7.31. The molecule has 0 aliphatic carbocycles. The highest BCUT2D eigenvalue weighted by Crippen LogP contribution is 2.35. The lowest BCUT2D eigenvalue weighted by molar-refractivity contribution is -0.154. The molecule has 1 fully saturated rings. The number of aromatic nitrogens is 2. The van der Waals surface area contributed by atoms with E-state index in [1.807, 2.05) is 32.0 Å². The highest BCUT2D eigenvalue weighted by molar-refractivity contribution is 5.78. The van der Waals surface area contributed by atoms with Gasteiger partial charge in [0.05, 0.1) is 23.4 Å². The first kappa shape index (κ1) is 16.5. The maximum absolute atomic E-state index is 12.3. The molecule has 24 heavy (non-hydrogen) atoms. The monoisotopic (exact) mass is 329 g/mol. The average molecular weight is 329 g/mol. The minimum Gasteiger partial charge on any atom is -0.469 e. The standard InChI is InChI=1S/C18H23N3O3/c1-18(2,16(23)24-3)12-7-6-10-21(11-12)17-19-14-9-5-4-8-13(14)15(22)20-17/h4-5,8-9,12H,6-7,10-11H2,1-3H3,(H,19,20,22). The van der Waals surface area contributed by atoms with Crippen LogP contribution in [0.2, 0.25) is 0 Å². The van der Waals surface area contributed by atoms with E-state index in [1.54, 1.807) is 6.07 Å². The zero-order valence-electron chi connectivity index (χ0n) is 14.3. The average Bonchev–Trinajstić information content (AvgIpc) is 2.61. The van der Waals surface area contributed by atoms with Crippen LogP contribution in [0, 0.1) is 11.3 Å². The molecule has 0 saturated carbocycles. The summed E-state index contributed by atoms with van der Waals surface area (Å²) in [6.07, 6.45) is 1.90. The Hall–Kier alpha value is -2.37. The molecule has 2 aromatic rings. The topological polar surface area (TPSA) is 75.3 Å². The lowest BCUT2D eigenvalue weighted by atomic mass is 9.74. The zero-order valence-corrected chi connectivity index (χ0v) is 14.3. The fourth-order valence-electron chi connectivity index (χ4n) is 3.41. The van der Waals surface area contributed by atoms with Gasteiger partial charge in [-0.15, -0.1) is 0 Å². The summed E-state index contributed by atoms with van der Waals surface area (Å²) in [5, 5.41) is 0.588. The summed E-state index contributed by atoms with van der Waals surface area (Å²) < 4.78 is 4.96. The van der Waals surface area contributed by atoms with E-state index in [2.05, 4.69) is 14.9 Å². The molecular weight excluding hydrogens is 306 g/mol. The Morgan fingerprint density at radius 2 is 2.12 bits per heavy atom. The molecule has 0 spiro atoms. The molecule has 1 saturated heterocycles. The molecule has 1 aromatic carbocycles. The number of fused-ring (bicyclic) bond motifs is 1. The van der Waals surface area contributed by atoms with Crippen LogP contribution in [0.25, 0.3) is 10.9 Å². The van der Waals surface area contributed by atoms with E-state index in [1.165, 1.54) is 7.11 Å². The number of aromatic amines is 1. The minimum atomic E-state index is -0.565. The number of H-pyrrole nitrogens is 1. The van der Waals surface area contributed by atoms with E-state index in [-0.39, 0.29) is 17.4 Å². The first-order valence-corrected chi connectivity index (χ1v) is 8.26. The van der Waals surface area contributed by atoms with Crippen LogP contribution in [-0.4, -0.2) is 36.1 Å². The Morgan fingerprint density at radius 1 is 1.38 bits per heavy atom. The van der Waals surface area contributed by atoms with Gasteiger partial charge in [-0.05, 0) is 44.7 Å². The van der Waals surface area contributed by atoms with Crippen molar-refractivity contribution in [1.82, 2.24) is 9.97 Å². The van der Waals surface area contributed by atoms with E-state index < -0.39 is 5.41 Å². The van der Waals surface area contributed by atoms with Crippen molar-refractivity contribution in [1.29, 1.82) is 0 Å². The van der Waals surface area contributed by atoms with Crippen molar-refractivity contribution in [3.05, 3.63) is 34.6 Å². The smallest absolute Gasteiger partial charge is 0.311 e. The number of methoxy groups -OCH3 is 1. The second kappa shape index (κ2) is 6.26. The largest absolute Gasteiger partial charge is 0.469 e. The molecule has 3 rings (SSSR count). The molecule has 0 bridgehead atoms. The number of esters is 1. The Kier molecular flexibility index (Phi) is 4.30. The normalized spacial score (nSPS) is 18.6. The van der Waals surface area contributed by atoms with Gasteiger partial charge in [-0.1, -0.05) is 12.1 Å². The summed E-state index contributed by atoms with van der Waals surface area (Å²) >= 11 is 0. The van der Waals surface area contributed by atoms with E-state index in [0.29, 0.717) is 23.4 Å². The number of piperidine rings is 1. The van der Waals surface area contributed by atoms with Crippen molar-refractivity contribution in [3.63, 3.8) is 0 Å². The Balaban J connectivity index is 1.90. The third-order valence-electron chi connectivity index (χ3n) is 5.05. The predicted octanol–water partition coefficient (Wildman–Crippen LogP) is 2.34. The summed E-state index contributed by atoms with van der Waals surface area (Å²) in [6.45, 7) is 5.32. The number of nitrogens with zero attached hydrogens (tertiary/aromatic N) is 2. The molecule has 1 aliphatic rings. The third-order valence-corrected chi connectivity index (χ3v) is 5.05. The fourth-order valence-corrected chi connectivity index (χ4v) is 3.41. The summed E-state index contributed by atoms with van der Waals surface area (Å²) in [5.41, 5.74) is -0.0135. The summed E-state index contributed by atoms with van der Waals surface area (Å²) in [4.78, 5) is 33.9. The predicted molar refractivity (Wildman–Crippen MR) is 93.1 cm³/mol. The number of benzene rings is 1. The van der Waals surface area contributed by atoms with Crippen LogP contribution in [0.3, 0.4) is 0 Å². The Labute approximate surface area is 140 Å². The highest BCUT2D eigenvalue weighted by Gasteiger charge is 2.40. The molecule has 1 unspecified atom stereocenters. The SMILES string of the molecule is COC(=O)C(C)(C)C1CCCN(c2nc3ccccc3c(=O)[nH]2)C1. The number of hydrogen-bond donors (Lipinski definition) is 1. The molecule has 6 heteroatoms. The number of nitrogens with one attached hydrogen (secondary N) is 1. The van der Waals surface area contributed by atoms with Gasteiger partial charge in [0, 0.05) is 13.1 Å². The summed E-state index contributed by atoms with van der Waals surface area (Å²) in [5.74, 6) is 0.522. The molecule has 1 aromatic heterocycles. The van der Waals surface area contributed by atoms with Crippen LogP contribution < -0.4 is 10.5 Å². The molecule has 0 radical (unpaired) electrons. The molecule has 1 N–H and O–H groups in total. The number of rotatable bonds is 3. The van der Waals surface area contributed by atoms with Gasteiger partial charge in [0.1, 0.15) is 0 Å². The van der Waals surface area contributed by atoms with Gasteiger partial charge in [-0.2, -0.15) is 0 Å². The van der Waals surface area contributed by atoms with E-state index >= 15 is 0 Å². The molecule has 1 aliphatic heterocycles. The number of hydrogen-bond acceptors (Lipinski definition) is 5. The van der Waals surface area contributed by atoms with Gasteiger partial charge in [0.25, 0.3) is 5.56 Å². The van der Waals surface area contributed by atoms with Crippen molar-refractivity contribution >= 4 is 22.8 Å². The second-order valence-electron chi connectivity index (χ2n) is 6.91. The van der Waals surface area contributed by atoms with Gasteiger partial charge in [-0.25, -0.2) is 4.98 Å². The van der Waals surface area contributed by atoms with Crippen LogP contribution in [0.15, 0.2) is 29.1 Å². The van der Waals surface area contributed by atoms with E-state index in [0.717, 1.165) is 19.4 Å². The van der Waals surface area contributed by atoms with Crippen molar-refractivity contribution in [3.8, 4) is 0 Å². The van der Waals surface area contributed by atoms with Gasteiger partial charge in [0.2, 0.25) is 5.95 Å². The van der Waals surface area contributed by atoms with Gasteiger partial charge < -0.3 is 9.64 Å². The lowest BCUT2D eigenvalue weighted by Crippen LogP contribution is -2.46. The van der Waals surface area contributed by atoms with Gasteiger partial charge in [-0.3, -0.25) is 14.6 Å². The minimum absolute atomic E-state index is 0.134. The molecule has 6 nitrogen and oxygen atoms in total. The molecule has 2 heterocycles. The van der Waals surface area contributed by atoms with Crippen molar-refractivity contribution in [2.45, 2.75) is 26.7 Å². The first-order chi connectivity index (χ1) is 11.4. The number of carbonyl (C=O) groups excluding carboxylic acids is 1. The Bertz CT molecular complexity index is 813. The first-order valence-electron chi connectivity index (χ1n) is 8.26. The van der Waals surface area contributed by atoms with Crippen LogP contribution in [0.4, 0.5) is 5.95 Å². The molecule has 0 amide bonds. The van der Waals surface area contributed by atoms with Crippen LogP contribution in [0.5, 0.6) is 0 Å². The maximum atomic E-state index is 12.3. The number of para-hydroxylation sites is 1.